The van der Waals surface area contributed by atoms with Gasteiger partial charge in [0.25, 0.3) is 5.91 Å². The van der Waals surface area contributed by atoms with Crippen molar-refractivity contribution in [2.45, 2.75) is 6.54 Å². The standard InChI is InChI=1S/C19H17ClN4O2S/c1-24-9-8-21-18(24)13-4-2-12(3-5-13)15-10-14(26-23-15)11-22-19(25)16-6-7-17(20)27-16/h2-7,10H,8-9,11H2,1H3,(H,22,25). The van der Waals surface area contributed by atoms with Crippen molar-refractivity contribution >= 4 is 34.7 Å². The van der Waals surface area contributed by atoms with Crippen molar-refractivity contribution < 1.29 is 9.32 Å². The number of nitrogens with zero attached hydrogens (tertiary/aromatic N) is 3. The predicted molar refractivity (Wildman–Crippen MR) is 106 cm³/mol. The number of amidine groups is 1. The van der Waals surface area contributed by atoms with Crippen LogP contribution in [-0.4, -0.2) is 41.9 Å². The number of aliphatic imine (C=N–C) groups is 1. The first-order chi connectivity index (χ1) is 13.1. The lowest BCUT2D eigenvalue weighted by Crippen LogP contribution is -2.23. The van der Waals surface area contributed by atoms with Crippen LogP contribution in [0.25, 0.3) is 11.3 Å². The molecule has 1 aliphatic rings. The molecule has 0 saturated carbocycles. The maximum Gasteiger partial charge on any atom is 0.261 e. The first kappa shape index (κ1) is 17.8. The highest BCUT2D eigenvalue weighted by atomic mass is 35.5. The summed E-state index contributed by atoms with van der Waals surface area (Å²) in [7, 11) is 2.04. The molecule has 0 spiro atoms. The van der Waals surface area contributed by atoms with Crippen LogP contribution >= 0.6 is 22.9 Å². The number of carbonyl (C=O) groups is 1. The summed E-state index contributed by atoms with van der Waals surface area (Å²) in [6.07, 6.45) is 0. The molecule has 0 saturated heterocycles. The summed E-state index contributed by atoms with van der Waals surface area (Å²) < 4.78 is 5.92. The van der Waals surface area contributed by atoms with Crippen molar-refractivity contribution in [3.05, 3.63) is 63.0 Å². The van der Waals surface area contributed by atoms with Gasteiger partial charge in [-0.25, -0.2) is 0 Å². The van der Waals surface area contributed by atoms with E-state index in [1.165, 1.54) is 11.3 Å². The topological polar surface area (TPSA) is 70.7 Å². The smallest absolute Gasteiger partial charge is 0.261 e. The first-order valence-corrected chi connectivity index (χ1v) is 9.65. The molecule has 8 heteroatoms. The number of nitrogens with one attached hydrogen (secondary N) is 1. The van der Waals surface area contributed by atoms with Crippen molar-refractivity contribution in [3.8, 4) is 11.3 Å². The zero-order chi connectivity index (χ0) is 18.8. The van der Waals surface area contributed by atoms with Gasteiger partial charge in [0.05, 0.1) is 22.3 Å². The van der Waals surface area contributed by atoms with Crippen molar-refractivity contribution in [2.24, 2.45) is 4.99 Å². The number of rotatable bonds is 5. The summed E-state index contributed by atoms with van der Waals surface area (Å²) in [4.78, 5) is 19.3. The van der Waals surface area contributed by atoms with Gasteiger partial charge in [-0.3, -0.25) is 9.79 Å². The highest BCUT2D eigenvalue weighted by Crippen LogP contribution is 2.22. The van der Waals surface area contributed by atoms with Gasteiger partial charge in [-0.1, -0.05) is 41.0 Å². The number of hydrogen-bond acceptors (Lipinski definition) is 6. The van der Waals surface area contributed by atoms with Crippen LogP contribution in [0.15, 0.2) is 52.0 Å². The number of thiophene rings is 1. The maximum absolute atomic E-state index is 12.1. The lowest BCUT2D eigenvalue weighted by atomic mass is 10.1. The van der Waals surface area contributed by atoms with Gasteiger partial charge in [-0.2, -0.15) is 0 Å². The Balaban J connectivity index is 1.41. The Labute approximate surface area is 165 Å². The molecule has 0 fully saturated rings. The fraction of sp³-hybridized carbons (Fsp3) is 0.211. The van der Waals surface area contributed by atoms with Crippen LogP contribution in [0, 0.1) is 0 Å². The fourth-order valence-electron chi connectivity index (χ4n) is 2.86. The average Bonchev–Trinajstić information content (AvgIpc) is 3.41. The molecular formula is C19H17ClN4O2S. The third kappa shape index (κ3) is 3.89. The van der Waals surface area contributed by atoms with Crippen molar-refractivity contribution in [2.75, 3.05) is 20.1 Å². The molecule has 0 radical (unpaired) electrons. The zero-order valence-electron chi connectivity index (χ0n) is 14.6. The maximum atomic E-state index is 12.1. The molecule has 2 aromatic heterocycles. The molecule has 1 amide bonds. The fourth-order valence-corrected chi connectivity index (χ4v) is 3.82. The van der Waals surface area contributed by atoms with Gasteiger partial charge in [-0.05, 0) is 12.1 Å². The van der Waals surface area contributed by atoms with E-state index < -0.39 is 0 Å². The Morgan fingerprint density at radius 2 is 2.04 bits per heavy atom. The highest BCUT2D eigenvalue weighted by molar-refractivity contribution is 7.17. The van der Waals surface area contributed by atoms with Crippen LogP contribution < -0.4 is 5.32 Å². The summed E-state index contributed by atoms with van der Waals surface area (Å²) in [5.41, 5.74) is 2.77. The van der Waals surface area contributed by atoms with E-state index in [2.05, 4.69) is 20.4 Å². The second-order valence-corrected chi connectivity index (χ2v) is 7.88. The summed E-state index contributed by atoms with van der Waals surface area (Å²) in [6.45, 7) is 2.05. The third-order valence-corrected chi connectivity index (χ3v) is 5.51. The van der Waals surface area contributed by atoms with Gasteiger partial charge in [0.2, 0.25) is 0 Å². The monoisotopic (exact) mass is 400 g/mol. The van der Waals surface area contributed by atoms with Gasteiger partial charge in [0.1, 0.15) is 11.5 Å². The number of hydrogen-bond donors (Lipinski definition) is 1. The second kappa shape index (κ2) is 7.54. The van der Waals surface area contributed by atoms with Crippen LogP contribution in [-0.2, 0) is 6.54 Å². The van der Waals surface area contributed by atoms with Crippen molar-refractivity contribution in [1.82, 2.24) is 15.4 Å². The number of aromatic nitrogens is 1. The number of likely N-dealkylation sites (N-methyl/N-ethyl adjacent to an activating group) is 1. The molecule has 138 valence electrons. The summed E-state index contributed by atoms with van der Waals surface area (Å²) in [6, 6.07) is 13.3. The Bertz CT molecular complexity index is 993. The van der Waals surface area contributed by atoms with Gasteiger partial charge in [0.15, 0.2) is 5.76 Å². The Morgan fingerprint density at radius 3 is 2.70 bits per heavy atom. The van der Waals surface area contributed by atoms with E-state index in [0.29, 0.717) is 15.0 Å². The minimum Gasteiger partial charge on any atom is -0.359 e. The SMILES string of the molecule is CN1CCN=C1c1ccc(-c2cc(CNC(=O)c3ccc(Cl)s3)on2)cc1. The lowest BCUT2D eigenvalue weighted by Gasteiger charge is -2.13. The molecule has 1 N–H and O–H groups in total. The van der Waals surface area contributed by atoms with Crippen LogP contribution in [0.1, 0.15) is 21.0 Å². The minimum absolute atomic E-state index is 0.185. The van der Waals surface area contributed by atoms with E-state index in [0.717, 1.165) is 35.7 Å². The molecule has 0 atom stereocenters. The number of amides is 1. The molecule has 6 nitrogen and oxygen atoms in total. The van der Waals surface area contributed by atoms with E-state index in [9.17, 15) is 4.79 Å². The molecule has 0 unspecified atom stereocenters. The molecule has 0 bridgehead atoms. The molecule has 0 aliphatic carbocycles. The predicted octanol–water partition coefficient (Wildman–Crippen LogP) is 3.68. The normalized spacial score (nSPS) is 13.7. The number of carbonyl (C=O) groups excluding carboxylic acids is 1. The zero-order valence-corrected chi connectivity index (χ0v) is 16.2. The van der Waals surface area contributed by atoms with E-state index in [1.54, 1.807) is 12.1 Å². The quantitative estimate of drug-likeness (QED) is 0.709. The van der Waals surface area contributed by atoms with Gasteiger partial charge < -0.3 is 14.7 Å². The Morgan fingerprint density at radius 1 is 1.26 bits per heavy atom. The summed E-state index contributed by atoms with van der Waals surface area (Å²) in [5, 5.41) is 6.90. The summed E-state index contributed by atoms with van der Waals surface area (Å²) in [5.74, 6) is 1.42. The molecule has 3 heterocycles. The van der Waals surface area contributed by atoms with Crippen LogP contribution in [0.3, 0.4) is 0 Å². The molecule has 1 aliphatic heterocycles. The van der Waals surface area contributed by atoms with E-state index in [-0.39, 0.29) is 12.5 Å². The first-order valence-electron chi connectivity index (χ1n) is 8.46. The molecule has 3 aromatic rings. The second-order valence-electron chi connectivity index (χ2n) is 6.17. The lowest BCUT2D eigenvalue weighted by molar-refractivity contribution is 0.0951. The van der Waals surface area contributed by atoms with Crippen molar-refractivity contribution in [3.63, 3.8) is 0 Å². The molecule has 1 aromatic carbocycles. The van der Waals surface area contributed by atoms with Crippen LogP contribution in [0.4, 0.5) is 0 Å². The molecular weight excluding hydrogens is 384 g/mol. The number of benzene rings is 1. The molecule has 27 heavy (non-hydrogen) atoms. The van der Waals surface area contributed by atoms with E-state index in [1.807, 2.05) is 37.4 Å². The minimum atomic E-state index is -0.185. The average molecular weight is 401 g/mol. The Hall–Kier alpha value is -2.64. The largest absolute Gasteiger partial charge is 0.359 e. The summed E-state index contributed by atoms with van der Waals surface area (Å²) >= 11 is 7.09. The Kier molecular flexibility index (Phi) is 4.96. The number of halogens is 1. The van der Waals surface area contributed by atoms with E-state index in [4.69, 9.17) is 16.1 Å². The van der Waals surface area contributed by atoms with E-state index >= 15 is 0 Å². The van der Waals surface area contributed by atoms with Gasteiger partial charge >= 0.3 is 0 Å². The third-order valence-electron chi connectivity index (χ3n) is 4.28. The van der Waals surface area contributed by atoms with Crippen molar-refractivity contribution in [1.29, 1.82) is 0 Å². The van der Waals surface area contributed by atoms with Crippen LogP contribution in [0.5, 0.6) is 0 Å². The highest BCUT2D eigenvalue weighted by Gasteiger charge is 2.15. The van der Waals surface area contributed by atoms with Crippen LogP contribution in [0.2, 0.25) is 4.34 Å². The van der Waals surface area contributed by atoms with Gasteiger partial charge in [-0.15, -0.1) is 11.3 Å². The molecule has 4 rings (SSSR count). The van der Waals surface area contributed by atoms with Gasteiger partial charge in [0, 0.05) is 30.8 Å².